The molecule has 2 aromatic heterocycles. The number of rotatable bonds is 4. The molecule has 0 unspecified atom stereocenters. The lowest BCUT2D eigenvalue weighted by molar-refractivity contribution is 0.252. The van der Waals surface area contributed by atoms with E-state index in [4.69, 9.17) is 5.73 Å². The Balaban J connectivity index is 1.69. The summed E-state index contributed by atoms with van der Waals surface area (Å²) in [5, 5.41) is 8.03. The van der Waals surface area contributed by atoms with E-state index in [1.807, 2.05) is 24.4 Å². The zero-order valence-electron chi connectivity index (χ0n) is 14.3. The van der Waals surface area contributed by atoms with Crippen LogP contribution in [0.3, 0.4) is 0 Å². The van der Waals surface area contributed by atoms with Gasteiger partial charge in [-0.25, -0.2) is 14.6 Å². The van der Waals surface area contributed by atoms with Crippen LogP contribution in [-0.4, -0.2) is 26.7 Å². The van der Waals surface area contributed by atoms with Gasteiger partial charge in [0.25, 0.3) is 0 Å². The number of amides is 2. The minimum atomic E-state index is -0.299. The van der Waals surface area contributed by atoms with Crippen LogP contribution < -0.4 is 22.1 Å². The highest BCUT2D eigenvalue weighted by Crippen LogP contribution is 2.22. The van der Waals surface area contributed by atoms with Gasteiger partial charge in [-0.3, -0.25) is 9.13 Å². The average Bonchev–Trinajstić information content (AvgIpc) is 3.06. The molecule has 0 radical (unpaired) electrons. The topological polar surface area (TPSA) is 107 Å². The molecule has 0 bridgehead atoms. The Bertz CT molecular complexity index is 1000. The van der Waals surface area contributed by atoms with Crippen molar-refractivity contribution in [3.63, 3.8) is 0 Å². The number of benzene rings is 1. The van der Waals surface area contributed by atoms with E-state index in [0.29, 0.717) is 23.8 Å². The van der Waals surface area contributed by atoms with Crippen molar-refractivity contribution in [1.29, 1.82) is 0 Å². The van der Waals surface area contributed by atoms with Crippen LogP contribution >= 0.6 is 11.3 Å². The number of aryl methyl sites for hydroxylation is 3. The minimum absolute atomic E-state index is 0.0986. The number of nitrogens with one attached hydrogen (secondary N) is 2. The molecule has 1 aromatic carbocycles. The lowest BCUT2D eigenvalue weighted by Gasteiger charge is -2.10. The van der Waals surface area contributed by atoms with Gasteiger partial charge in [-0.1, -0.05) is 0 Å². The molecule has 0 aliphatic heterocycles. The average molecular weight is 360 g/mol. The molecular formula is C16H20N6O2S. The summed E-state index contributed by atoms with van der Waals surface area (Å²) in [6.07, 6.45) is 0.617. The molecule has 0 atom stereocenters. The number of urea groups is 1. The molecular weight excluding hydrogens is 340 g/mol. The first kappa shape index (κ1) is 17.0. The molecule has 0 aliphatic rings. The third-order valence-electron chi connectivity index (χ3n) is 4.10. The molecule has 2 heterocycles. The molecule has 3 aromatic rings. The summed E-state index contributed by atoms with van der Waals surface area (Å²) in [5.41, 5.74) is 9.50. The monoisotopic (exact) mass is 360 g/mol. The van der Waals surface area contributed by atoms with Crippen molar-refractivity contribution in [2.24, 2.45) is 14.1 Å². The molecule has 4 N–H and O–H groups in total. The molecule has 0 aliphatic carbocycles. The number of aromatic nitrogens is 3. The maximum Gasteiger partial charge on any atom is 0.328 e. The predicted molar refractivity (Wildman–Crippen MR) is 100 cm³/mol. The Morgan fingerprint density at radius 3 is 2.60 bits per heavy atom. The van der Waals surface area contributed by atoms with Crippen LogP contribution in [0.4, 0.5) is 15.6 Å². The zero-order valence-corrected chi connectivity index (χ0v) is 15.1. The molecule has 3 rings (SSSR count). The standard InChI is InChI=1S/C16H20N6O2S/c1-9-6-12-13(22(3)16(24)21(12)2)7-11(9)20-15(23)18-5-4-10-8-25-14(17)19-10/h6-8H,4-5H2,1-3H3,(H2,17,19)(H2,18,20,23). The number of nitrogen functional groups attached to an aromatic ring is 1. The van der Waals surface area contributed by atoms with E-state index in [1.54, 1.807) is 23.2 Å². The lowest BCUT2D eigenvalue weighted by Crippen LogP contribution is -2.30. The summed E-state index contributed by atoms with van der Waals surface area (Å²) in [4.78, 5) is 28.3. The summed E-state index contributed by atoms with van der Waals surface area (Å²) >= 11 is 1.38. The number of imidazole rings is 1. The number of thiazole rings is 1. The largest absolute Gasteiger partial charge is 0.375 e. The molecule has 25 heavy (non-hydrogen) atoms. The fourth-order valence-corrected chi connectivity index (χ4v) is 3.29. The van der Waals surface area contributed by atoms with Crippen molar-refractivity contribution in [2.45, 2.75) is 13.3 Å². The van der Waals surface area contributed by atoms with Crippen molar-refractivity contribution in [1.82, 2.24) is 19.4 Å². The third kappa shape index (κ3) is 3.36. The van der Waals surface area contributed by atoms with E-state index in [1.165, 1.54) is 11.3 Å². The van der Waals surface area contributed by atoms with Gasteiger partial charge in [-0.05, 0) is 24.6 Å². The SMILES string of the molecule is Cc1cc2c(cc1NC(=O)NCCc1csc(N)n1)n(C)c(=O)n2C. The Kier molecular flexibility index (Phi) is 4.49. The number of nitrogens with two attached hydrogens (primary N) is 1. The number of carbonyl (C=O) groups excluding carboxylic acids is 1. The first-order chi connectivity index (χ1) is 11.9. The van der Waals surface area contributed by atoms with Gasteiger partial charge in [0.1, 0.15) is 0 Å². The van der Waals surface area contributed by atoms with Crippen molar-refractivity contribution in [2.75, 3.05) is 17.6 Å². The van der Waals surface area contributed by atoms with Crippen LogP contribution in [0.15, 0.2) is 22.3 Å². The summed E-state index contributed by atoms with van der Waals surface area (Å²) in [6.45, 7) is 2.35. The highest BCUT2D eigenvalue weighted by atomic mass is 32.1. The number of hydrogen-bond donors (Lipinski definition) is 3. The van der Waals surface area contributed by atoms with Crippen molar-refractivity contribution in [3.05, 3.63) is 39.3 Å². The molecule has 2 amide bonds. The summed E-state index contributed by atoms with van der Waals surface area (Å²) in [5.74, 6) is 0. The second-order valence-corrected chi connectivity index (χ2v) is 6.75. The molecule has 0 saturated carbocycles. The normalized spacial score (nSPS) is 11.0. The highest BCUT2D eigenvalue weighted by Gasteiger charge is 2.12. The van der Waals surface area contributed by atoms with E-state index in [9.17, 15) is 9.59 Å². The number of hydrogen-bond acceptors (Lipinski definition) is 5. The number of fused-ring (bicyclic) bond motifs is 1. The van der Waals surface area contributed by atoms with Crippen LogP contribution in [0.5, 0.6) is 0 Å². The van der Waals surface area contributed by atoms with E-state index < -0.39 is 0 Å². The Morgan fingerprint density at radius 1 is 1.28 bits per heavy atom. The first-order valence-corrected chi connectivity index (χ1v) is 8.65. The summed E-state index contributed by atoms with van der Waals surface area (Å²) in [6, 6.07) is 3.41. The van der Waals surface area contributed by atoms with Gasteiger partial charge in [0.15, 0.2) is 5.13 Å². The molecule has 0 fully saturated rings. The van der Waals surface area contributed by atoms with E-state index >= 15 is 0 Å². The van der Waals surface area contributed by atoms with Gasteiger partial charge in [0, 0.05) is 38.1 Å². The summed E-state index contributed by atoms with van der Waals surface area (Å²) in [7, 11) is 3.44. The smallest absolute Gasteiger partial charge is 0.328 e. The third-order valence-corrected chi connectivity index (χ3v) is 4.83. The van der Waals surface area contributed by atoms with Crippen LogP contribution in [-0.2, 0) is 20.5 Å². The molecule has 0 spiro atoms. The number of anilines is 2. The van der Waals surface area contributed by atoms with Gasteiger partial charge in [0.2, 0.25) is 0 Å². The second kappa shape index (κ2) is 6.60. The quantitative estimate of drug-likeness (QED) is 0.657. The summed E-state index contributed by atoms with van der Waals surface area (Å²) < 4.78 is 3.15. The Hall–Kier alpha value is -2.81. The fourth-order valence-electron chi connectivity index (χ4n) is 2.69. The van der Waals surface area contributed by atoms with Crippen LogP contribution in [0, 0.1) is 6.92 Å². The minimum Gasteiger partial charge on any atom is -0.375 e. The predicted octanol–water partition coefficient (Wildman–Crippen LogP) is 1.59. The molecule has 9 heteroatoms. The number of nitrogens with zero attached hydrogens (tertiary/aromatic N) is 3. The van der Waals surface area contributed by atoms with E-state index in [2.05, 4.69) is 15.6 Å². The maximum atomic E-state index is 12.1. The van der Waals surface area contributed by atoms with Crippen molar-refractivity contribution < 1.29 is 4.79 Å². The van der Waals surface area contributed by atoms with Crippen LogP contribution in [0.2, 0.25) is 0 Å². The van der Waals surface area contributed by atoms with Gasteiger partial charge >= 0.3 is 11.7 Å². The zero-order chi connectivity index (χ0) is 18.1. The van der Waals surface area contributed by atoms with Gasteiger partial charge in [-0.2, -0.15) is 0 Å². The van der Waals surface area contributed by atoms with Gasteiger partial charge in [-0.15, -0.1) is 11.3 Å². The van der Waals surface area contributed by atoms with E-state index in [0.717, 1.165) is 22.3 Å². The van der Waals surface area contributed by atoms with Gasteiger partial charge < -0.3 is 16.4 Å². The van der Waals surface area contributed by atoms with Crippen LogP contribution in [0.25, 0.3) is 11.0 Å². The van der Waals surface area contributed by atoms with Crippen molar-refractivity contribution >= 4 is 39.2 Å². The van der Waals surface area contributed by atoms with Gasteiger partial charge in [0.05, 0.1) is 16.7 Å². The first-order valence-electron chi connectivity index (χ1n) is 7.77. The lowest BCUT2D eigenvalue weighted by atomic mass is 10.1. The van der Waals surface area contributed by atoms with Crippen LogP contribution in [0.1, 0.15) is 11.3 Å². The Morgan fingerprint density at radius 2 is 1.96 bits per heavy atom. The molecule has 132 valence electrons. The highest BCUT2D eigenvalue weighted by molar-refractivity contribution is 7.13. The molecule has 8 nitrogen and oxygen atoms in total. The number of carbonyl (C=O) groups is 1. The fraction of sp³-hybridized carbons (Fsp3) is 0.312. The second-order valence-electron chi connectivity index (χ2n) is 5.86. The molecule has 0 saturated heterocycles. The Labute approximate surface area is 148 Å². The van der Waals surface area contributed by atoms with E-state index in [-0.39, 0.29) is 11.7 Å². The maximum absolute atomic E-state index is 12.1. The van der Waals surface area contributed by atoms with Crippen molar-refractivity contribution in [3.8, 4) is 0 Å².